The smallest absolute Gasteiger partial charge is 0.274 e. The third kappa shape index (κ3) is 3.40. The van der Waals surface area contributed by atoms with Crippen molar-refractivity contribution in [2.45, 2.75) is 6.42 Å². The Morgan fingerprint density at radius 1 is 0.793 bits per heavy atom. The van der Waals surface area contributed by atoms with Gasteiger partial charge in [-0.2, -0.15) is 0 Å². The first-order chi connectivity index (χ1) is 14.3. The Morgan fingerprint density at radius 3 is 2.38 bits per heavy atom. The normalized spacial score (nSPS) is 16.1. The summed E-state index contributed by atoms with van der Waals surface area (Å²) >= 11 is 0. The summed E-state index contributed by atoms with van der Waals surface area (Å²) in [5, 5.41) is 8.59. The van der Waals surface area contributed by atoms with Crippen molar-refractivity contribution in [1.82, 2.24) is 20.1 Å². The number of fused-ring (bicyclic) bond motifs is 1. The van der Waals surface area contributed by atoms with Crippen molar-refractivity contribution in [3.63, 3.8) is 0 Å². The van der Waals surface area contributed by atoms with Crippen molar-refractivity contribution in [3.05, 3.63) is 72.1 Å². The van der Waals surface area contributed by atoms with E-state index in [2.05, 4.69) is 43.2 Å². The first kappa shape index (κ1) is 17.6. The van der Waals surface area contributed by atoms with Crippen LogP contribution in [0.2, 0.25) is 0 Å². The van der Waals surface area contributed by atoms with E-state index in [-0.39, 0.29) is 5.91 Å². The molecule has 3 aromatic rings. The molecule has 7 nitrogen and oxygen atoms in total. The van der Waals surface area contributed by atoms with E-state index in [0.717, 1.165) is 37.7 Å². The zero-order chi connectivity index (χ0) is 19.6. The summed E-state index contributed by atoms with van der Waals surface area (Å²) in [7, 11) is 0. The van der Waals surface area contributed by atoms with E-state index in [1.54, 1.807) is 12.3 Å². The average Bonchev–Trinajstić information content (AvgIpc) is 3.24. The van der Waals surface area contributed by atoms with Gasteiger partial charge in [0.25, 0.3) is 5.91 Å². The molecule has 0 atom stereocenters. The molecule has 4 heterocycles. The average molecular weight is 386 g/mol. The molecule has 2 aromatic heterocycles. The Kier molecular flexibility index (Phi) is 4.56. The molecule has 2 aliphatic rings. The van der Waals surface area contributed by atoms with Crippen molar-refractivity contribution in [3.8, 4) is 0 Å². The van der Waals surface area contributed by atoms with Crippen LogP contribution in [0.1, 0.15) is 16.1 Å². The zero-order valence-electron chi connectivity index (χ0n) is 16.1. The van der Waals surface area contributed by atoms with Gasteiger partial charge in [-0.05, 0) is 42.3 Å². The fourth-order valence-electron chi connectivity index (χ4n) is 4.00. The summed E-state index contributed by atoms with van der Waals surface area (Å²) in [6.07, 6.45) is 2.79. The number of rotatable bonds is 3. The van der Waals surface area contributed by atoms with Crippen molar-refractivity contribution in [2.75, 3.05) is 42.5 Å². The van der Waals surface area contributed by atoms with E-state index in [1.807, 2.05) is 35.2 Å². The number of anilines is 3. The molecule has 5 rings (SSSR count). The van der Waals surface area contributed by atoms with Gasteiger partial charge in [0.15, 0.2) is 11.5 Å². The number of piperazine rings is 1. The van der Waals surface area contributed by atoms with E-state index in [0.29, 0.717) is 18.8 Å². The number of hydrogen-bond donors (Lipinski definition) is 0. The van der Waals surface area contributed by atoms with Gasteiger partial charge in [-0.25, -0.2) is 4.98 Å². The Labute approximate surface area is 169 Å². The zero-order valence-corrected chi connectivity index (χ0v) is 16.1. The molecule has 0 unspecified atom stereocenters. The summed E-state index contributed by atoms with van der Waals surface area (Å²) in [6.45, 7) is 3.71. The third-order valence-corrected chi connectivity index (χ3v) is 5.57. The maximum absolute atomic E-state index is 12.8. The molecule has 2 aliphatic heterocycles. The molecule has 0 aliphatic carbocycles. The highest BCUT2D eigenvalue weighted by atomic mass is 16.2. The molecule has 1 aromatic carbocycles. The fraction of sp³-hybridized carbons (Fsp3) is 0.273. The number of carbonyl (C=O) groups excluding carboxylic acids is 1. The highest BCUT2D eigenvalue weighted by Crippen LogP contribution is 2.32. The summed E-state index contributed by atoms with van der Waals surface area (Å²) in [6, 6.07) is 17.9. The number of pyridine rings is 1. The molecule has 146 valence electrons. The van der Waals surface area contributed by atoms with Gasteiger partial charge in [-0.1, -0.05) is 24.3 Å². The van der Waals surface area contributed by atoms with E-state index in [4.69, 9.17) is 0 Å². The number of carbonyl (C=O) groups is 1. The molecule has 1 fully saturated rings. The molecule has 0 radical (unpaired) electrons. The SMILES string of the molecule is O=C(c1ccc(N2CCc3ccccc32)nn1)N1CCN(c2ccccn2)CC1. The minimum Gasteiger partial charge on any atom is -0.353 e. The van der Waals surface area contributed by atoms with Gasteiger partial charge >= 0.3 is 0 Å². The first-order valence-electron chi connectivity index (χ1n) is 9.94. The van der Waals surface area contributed by atoms with Crippen LogP contribution in [0.4, 0.5) is 17.3 Å². The van der Waals surface area contributed by atoms with Crippen LogP contribution >= 0.6 is 0 Å². The molecule has 29 heavy (non-hydrogen) atoms. The van der Waals surface area contributed by atoms with Crippen LogP contribution in [-0.2, 0) is 6.42 Å². The van der Waals surface area contributed by atoms with E-state index in [1.165, 1.54) is 11.3 Å². The second-order valence-electron chi connectivity index (χ2n) is 7.27. The van der Waals surface area contributed by atoms with Crippen LogP contribution in [0, 0.1) is 0 Å². The summed E-state index contributed by atoms with van der Waals surface area (Å²) in [5.41, 5.74) is 2.89. The molecule has 0 spiro atoms. The minimum absolute atomic E-state index is 0.0634. The monoisotopic (exact) mass is 386 g/mol. The van der Waals surface area contributed by atoms with Crippen molar-refractivity contribution in [2.24, 2.45) is 0 Å². The highest BCUT2D eigenvalue weighted by molar-refractivity contribution is 5.92. The van der Waals surface area contributed by atoms with Gasteiger partial charge in [0.1, 0.15) is 5.82 Å². The largest absolute Gasteiger partial charge is 0.353 e. The maximum Gasteiger partial charge on any atom is 0.274 e. The van der Waals surface area contributed by atoms with Gasteiger partial charge in [-0.3, -0.25) is 4.79 Å². The van der Waals surface area contributed by atoms with E-state index < -0.39 is 0 Å². The molecular formula is C22H22N6O. The number of amides is 1. The van der Waals surface area contributed by atoms with Gasteiger partial charge in [0.2, 0.25) is 0 Å². The van der Waals surface area contributed by atoms with Crippen LogP contribution in [-0.4, -0.2) is 58.7 Å². The number of benzene rings is 1. The Morgan fingerprint density at radius 2 is 1.62 bits per heavy atom. The lowest BCUT2D eigenvalue weighted by molar-refractivity contribution is 0.0739. The van der Waals surface area contributed by atoms with E-state index in [9.17, 15) is 4.79 Å². The van der Waals surface area contributed by atoms with Crippen molar-refractivity contribution in [1.29, 1.82) is 0 Å². The molecule has 0 bridgehead atoms. The second-order valence-corrected chi connectivity index (χ2v) is 7.27. The van der Waals surface area contributed by atoms with Gasteiger partial charge in [0.05, 0.1) is 0 Å². The van der Waals surface area contributed by atoms with Crippen molar-refractivity contribution < 1.29 is 4.79 Å². The van der Waals surface area contributed by atoms with Crippen LogP contribution in [0.5, 0.6) is 0 Å². The fourth-order valence-corrected chi connectivity index (χ4v) is 4.00. The summed E-state index contributed by atoms with van der Waals surface area (Å²) in [4.78, 5) is 23.4. The van der Waals surface area contributed by atoms with Crippen LogP contribution in [0.15, 0.2) is 60.8 Å². The van der Waals surface area contributed by atoms with Gasteiger partial charge in [0, 0.05) is 44.6 Å². The van der Waals surface area contributed by atoms with Crippen molar-refractivity contribution >= 4 is 23.2 Å². The lowest BCUT2D eigenvalue weighted by atomic mass is 10.2. The third-order valence-electron chi connectivity index (χ3n) is 5.57. The number of aromatic nitrogens is 3. The Balaban J connectivity index is 1.25. The van der Waals surface area contributed by atoms with E-state index >= 15 is 0 Å². The lowest BCUT2D eigenvalue weighted by Gasteiger charge is -2.35. The summed E-state index contributed by atoms with van der Waals surface area (Å²) < 4.78 is 0. The van der Waals surface area contributed by atoms with Gasteiger partial charge in [-0.15, -0.1) is 10.2 Å². The molecule has 0 saturated carbocycles. The standard InChI is InChI=1S/C22H22N6O/c29-22(27-15-13-26(14-16-27)20-7-3-4-11-23-20)18-8-9-21(25-24-18)28-12-10-17-5-1-2-6-19(17)28/h1-9,11H,10,12-16H2. The first-order valence-corrected chi connectivity index (χ1v) is 9.94. The van der Waals surface area contributed by atoms with Crippen LogP contribution < -0.4 is 9.80 Å². The summed E-state index contributed by atoms with van der Waals surface area (Å²) in [5.74, 6) is 1.67. The Hall–Kier alpha value is -3.48. The Bertz CT molecular complexity index is 999. The topological polar surface area (TPSA) is 65.5 Å². The number of para-hydroxylation sites is 1. The lowest BCUT2D eigenvalue weighted by Crippen LogP contribution is -2.49. The predicted molar refractivity (Wildman–Crippen MR) is 112 cm³/mol. The minimum atomic E-state index is -0.0634. The maximum atomic E-state index is 12.8. The number of nitrogens with zero attached hydrogens (tertiary/aromatic N) is 6. The van der Waals surface area contributed by atoms with Gasteiger partial charge < -0.3 is 14.7 Å². The number of hydrogen-bond acceptors (Lipinski definition) is 6. The highest BCUT2D eigenvalue weighted by Gasteiger charge is 2.25. The second kappa shape index (κ2) is 7.50. The molecular weight excluding hydrogens is 364 g/mol. The quantitative estimate of drug-likeness (QED) is 0.689. The molecule has 0 N–H and O–H groups in total. The predicted octanol–water partition coefficient (Wildman–Crippen LogP) is 2.53. The van der Waals surface area contributed by atoms with Crippen LogP contribution in [0.3, 0.4) is 0 Å². The molecule has 7 heteroatoms. The van der Waals surface area contributed by atoms with Crippen LogP contribution in [0.25, 0.3) is 0 Å². The molecule has 1 amide bonds. The molecule has 1 saturated heterocycles.